The summed E-state index contributed by atoms with van der Waals surface area (Å²) in [5.74, 6) is -0.480. The van der Waals surface area contributed by atoms with Crippen LogP contribution >= 0.6 is 0 Å². The Hall–Kier alpha value is -1.06. The maximum Gasteiger partial charge on any atom is 0.415 e. The van der Waals surface area contributed by atoms with Crippen LogP contribution in [0.1, 0.15) is 71.6 Å². The van der Waals surface area contributed by atoms with Crippen LogP contribution < -0.4 is 5.32 Å². The lowest BCUT2D eigenvalue weighted by molar-refractivity contribution is -0.146. The molecule has 2 atom stereocenters. The third-order valence-electron chi connectivity index (χ3n) is 3.77. The average Bonchev–Trinajstić information content (AvgIpc) is 2.37. The summed E-state index contributed by atoms with van der Waals surface area (Å²) in [6.45, 7) is 4.32. The Morgan fingerprint density at radius 3 is 2.26 bits per heavy atom. The zero-order valence-corrected chi connectivity index (χ0v) is 12.2. The number of hydrogen-bond donors (Lipinski definition) is 1. The molecule has 1 heterocycles. The fourth-order valence-electron chi connectivity index (χ4n) is 2.61. The van der Waals surface area contributed by atoms with Crippen LogP contribution in [0.2, 0.25) is 0 Å². The summed E-state index contributed by atoms with van der Waals surface area (Å²) in [4.78, 5) is 23.1. The van der Waals surface area contributed by atoms with Gasteiger partial charge in [0, 0.05) is 6.04 Å². The molecular weight excluding hydrogens is 242 g/mol. The van der Waals surface area contributed by atoms with E-state index in [0.717, 1.165) is 38.5 Å². The standard InChI is InChI=1S/C15H27NO3/c1-3-5-7-9-11-13-12(10-8-6-4-2)14(17)19-15(18)16-13/h12-13H,3-11H2,1-2H3,(H,16,18). The summed E-state index contributed by atoms with van der Waals surface area (Å²) in [6, 6.07) is -0.0255. The van der Waals surface area contributed by atoms with Gasteiger partial charge in [-0.25, -0.2) is 4.79 Å². The highest BCUT2D eigenvalue weighted by Gasteiger charge is 2.36. The molecule has 0 aliphatic carbocycles. The number of carbonyl (C=O) groups is 2. The van der Waals surface area contributed by atoms with Crippen LogP contribution in [0.3, 0.4) is 0 Å². The lowest BCUT2D eigenvalue weighted by Gasteiger charge is -2.30. The number of cyclic esters (lactones) is 2. The maximum absolute atomic E-state index is 11.8. The zero-order chi connectivity index (χ0) is 14.1. The van der Waals surface area contributed by atoms with Crippen molar-refractivity contribution in [3.05, 3.63) is 0 Å². The summed E-state index contributed by atoms with van der Waals surface area (Å²) < 4.78 is 4.70. The predicted octanol–water partition coefficient (Wildman–Crippen LogP) is 3.79. The van der Waals surface area contributed by atoms with Crippen molar-refractivity contribution < 1.29 is 14.3 Å². The minimum atomic E-state index is -0.572. The van der Waals surface area contributed by atoms with Crippen LogP contribution in [-0.4, -0.2) is 18.1 Å². The Morgan fingerprint density at radius 1 is 0.947 bits per heavy atom. The van der Waals surface area contributed by atoms with Gasteiger partial charge in [-0.05, 0) is 12.8 Å². The molecule has 1 saturated heterocycles. The summed E-state index contributed by atoms with van der Waals surface area (Å²) in [5, 5.41) is 2.82. The molecule has 2 unspecified atom stereocenters. The number of alkyl carbamates (subject to hydrolysis) is 1. The van der Waals surface area contributed by atoms with Gasteiger partial charge in [0.1, 0.15) is 0 Å². The number of esters is 1. The van der Waals surface area contributed by atoms with Crippen molar-refractivity contribution in [1.82, 2.24) is 5.32 Å². The second-order valence-corrected chi connectivity index (χ2v) is 5.41. The minimum absolute atomic E-state index is 0.0255. The van der Waals surface area contributed by atoms with Crippen LogP contribution in [0, 0.1) is 5.92 Å². The molecule has 1 aliphatic rings. The first-order valence-corrected chi connectivity index (χ1v) is 7.71. The predicted molar refractivity (Wildman–Crippen MR) is 74.8 cm³/mol. The zero-order valence-electron chi connectivity index (χ0n) is 12.2. The van der Waals surface area contributed by atoms with E-state index in [-0.39, 0.29) is 17.9 Å². The molecule has 1 N–H and O–H groups in total. The lowest BCUT2D eigenvalue weighted by Crippen LogP contribution is -2.50. The van der Waals surface area contributed by atoms with Gasteiger partial charge in [0.2, 0.25) is 0 Å². The highest BCUT2D eigenvalue weighted by molar-refractivity contribution is 5.89. The van der Waals surface area contributed by atoms with E-state index in [9.17, 15) is 9.59 Å². The molecule has 0 aromatic carbocycles. The van der Waals surface area contributed by atoms with E-state index >= 15 is 0 Å². The summed E-state index contributed by atoms with van der Waals surface area (Å²) in [5.41, 5.74) is 0. The van der Waals surface area contributed by atoms with Gasteiger partial charge in [-0.15, -0.1) is 0 Å². The smallest absolute Gasteiger partial charge is 0.376 e. The van der Waals surface area contributed by atoms with Gasteiger partial charge < -0.3 is 10.1 Å². The fraction of sp³-hybridized carbons (Fsp3) is 0.867. The summed E-state index contributed by atoms with van der Waals surface area (Å²) in [7, 11) is 0. The first-order chi connectivity index (χ1) is 9.19. The number of carbonyl (C=O) groups excluding carboxylic acids is 2. The lowest BCUT2D eigenvalue weighted by atomic mass is 9.89. The molecule has 1 aliphatic heterocycles. The van der Waals surface area contributed by atoms with E-state index < -0.39 is 6.09 Å². The van der Waals surface area contributed by atoms with Crippen molar-refractivity contribution >= 4 is 12.1 Å². The first-order valence-electron chi connectivity index (χ1n) is 7.71. The molecule has 0 aromatic rings. The van der Waals surface area contributed by atoms with E-state index in [1.807, 2.05) is 0 Å². The molecule has 19 heavy (non-hydrogen) atoms. The summed E-state index contributed by atoms with van der Waals surface area (Å²) in [6.07, 6.45) is 9.06. The second-order valence-electron chi connectivity index (χ2n) is 5.41. The molecule has 4 heteroatoms. The molecule has 0 aromatic heterocycles. The molecule has 4 nitrogen and oxygen atoms in total. The molecule has 110 valence electrons. The number of ether oxygens (including phenoxy) is 1. The van der Waals surface area contributed by atoms with Gasteiger partial charge in [0.15, 0.2) is 0 Å². The largest absolute Gasteiger partial charge is 0.415 e. The molecule has 0 radical (unpaired) electrons. The molecule has 0 bridgehead atoms. The SMILES string of the molecule is CCCCCCC1NC(=O)OC(=O)C1CCCCC. The van der Waals surface area contributed by atoms with Crippen LogP contribution in [0.4, 0.5) is 4.79 Å². The third-order valence-corrected chi connectivity index (χ3v) is 3.77. The van der Waals surface area contributed by atoms with Crippen LogP contribution in [0.5, 0.6) is 0 Å². The minimum Gasteiger partial charge on any atom is -0.376 e. The van der Waals surface area contributed by atoms with Crippen LogP contribution in [-0.2, 0) is 9.53 Å². The Labute approximate surface area is 116 Å². The van der Waals surface area contributed by atoms with Crippen molar-refractivity contribution in [2.75, 3.05) is 0 Å². The topological polar surface area (TPSA) is 55.4 Å². The molecular formula is C15H27NO3. The quantitative estimate of drug-likeness (QED) is 0.393. The van der Waals surface area contributed by atoms with Gasteiger partial charge in [-0.2, -0.15) is 0 Å². The van der Waals surface area contributed by atoms with Gasteiger partial charge in [0.25, 0.3) is 0 Å². The Balaban J connectivity index is 2.44. The van der Waals surface area contributed by atoms with Crippen molar-refractivity contribution in [3.63, 3.8) is 0 Å². The number of unbranched alkanes of at least 4 members (excludes halogenated alkanes) is 5. The maximum atomic E-state index is 11.8. The Morgan fingerprint density at radius 2 is 1.58 bits per heavy atom. The fourth-order valence-corrected chi connectivity index (χ4v) is 2.61. The van der Waals surface area contributed by atoms with Crippen LogP contribution in [0.15, 0.2) is 0 Å². The average molecular weight is 269 g/mol. The van der Waals surface area contributed by atoms with Crippen molar-refractivity contribution in [3.8, 4) is 0 Å². The molecule has 1 amide bonds. The molecule has 0 spiro atoms. The monoisotopic (exact) mass is 269 g/mol. The molecule has 0 saturated carbocycles. The van der Waals surface area contributed by atoms with E-state index in [1.54, 1.807) is 0 Å². The highest BCUT2D eigenvalue weighted by atomic mass is 16.6. The van der Waals surface area contributed by atoms with E-state index in [2.05, 4.69) is 19.2 Å². The highest BCUT2D eigenvalue weighted by Crippen LogP contribution is 2.23. The number of hydrogen-bond acceptors (Lipinski definition) is 3. The van der Waals surface area contributed by atoms with Gasteiger partial charge >= 0.3 is 12.1 Å². The molecule has 1 fully saturated rings. The number of rotatable bonds is 9. The van der Waals surface area contributed by atoms with Gasteiger partial charge in [0.05, 0.1) is 5.92 Å². The van der Waals surface area contributed by atoms with Crippen molar-refractivity contribution in [2.24, 2.45) is 5.92 Å². The normalized spacial score (nSPS) is 23.1. The van der Waals surface area contributed by atoms with Crippen molar-refractivity contribution in [1.29, 1.82) is 0 Å². The second kappa shape index (κ2) is 8.94. The van der Waals surface area contributed by atoms with Crippen molar-refractivity contribution in [2.45, 2.75) is 77.7 Å². The van der Waals surface area contributed by atoms with E-state index in [4.69, 9.17) is 4.74 Å². The first kappa shape index (κ1) is 16.0. The molecule has 1 rings (SSSR count). The van der Waals surface area contributed by atoms with Gasteiger partial charge in [-0.1, -0.05) is 58.8 Å². The summed E-state index contributed by atoms with van der Waals surface area (Å²) >= 11 is 0. The Kier molecular flexibility index (Phi) is 7.53. The number of amides is 1. The van der Waals surface area contributed by atoms with Gasteiger partial charge in [-0.3, -0.25) is 4.79 Å². The van der Waals surface area contributed by atoms with E-state index in [1.165, 1.54) is 19.3 Å². The number of nitrogens with one attached hydrogen (secondary N) is 1. The Bertz CT molecular complexity index is 291. The third kappa shape index (κ3) is 5.62. The van der Waals surface area contributed by atoms with E-state index in [0.29, 0.717) is 0 Å². The van der Waals surface area contributed by atoms with Crippen LogP contribution in [0.25, 0.3) is 0 Å².